The summed E-state index contributed by atoms with van der Waals surface area (Å²) in [5.41, 5.74) is -1.43. The molecule has 41 heavy (non-hydrogen) atoms. The third kappa shape index (κ3) is 5.30. The van der Waals surface area contributed by atoms with Crippen LogP contribution in [0.5, 0.6) is 17.4 Å². The highest BCUT2D eigenvalue weighted by Gasteiger charge is 2.40. The Labute approximate surface area is 233 Å². The van der Waals surface area contributed by atoms with E-state index in [1.807, 2.05) is 0 Å². The van der Waals surface area contributed by atoms with Crippen LogP contribution >= 0.6 is 0 Å². The number of carbonyl (C=O) groups excluding carboxylic acids is 3. The average Bonchev–Trinajstić information content (AvgIpc) is 2.98. The van der Waals surface area contributed by atoms with Crippen molar-refractivity contribution in [3.05, 3.63) is 105 Å². The van der Waals surface area contributed by atoms with Crippen LogP contribution in [0.15, 0.2) is 88.0 Å². The van der Waals surface area contributed by atoms with E-state index in [1.54, 1.807) is 30.3 Å². The number of benzene rings is 2. The van der Waals surface area contributed by atoms with E-state index in [9.17, 15) is 29.1 Å². The highest BCUT2D eigenvalue weighted by molar-refractivity contribution is 6.37. The molecule has 1 aromatic heterocycles. The lowest BCUT2D eigenvalue weighted by Crippen LogP contribution is -2.55. The van der Waals surface area contributed by atoms with Gasteiger partial charge in [0.2, 0.25) is 5.88 Å². The average molecular weight is 559 g/mol. The summed E-state index contributed by atoms with van der Waals surface area (Å²) in [6, 6.07) is 11.9. The van der Waals surface area contributed by atoms with Crippen molar-refractivity contribution < 1.29 is 29.0 Å². The molecule has 1 aliphatic heterocycles. The fraction of sp³-hybridized carbons (Fsp3) is 0.138. The number of ether oxygens (including phenoxy) is 2. The number of nitrogens with zero attached hydrogens (tertiary/aromatic N) is 4. The minimum atomic E-state index is -0.822. The maximum Gasteiger partial charge on any atom is 0.338 e. The Balaban J connectivity index is 1.66. The summed E-state index contributed by atoms with van der Waals surface area (Å²) in [7, 11) is 5.45. The van der Waals surface area contributed by atoms with Crippen LogP contribution in [-0.2, 0) is 16.6 Å². The van der Waals surface area contributed by atoms with E-state index < -0.39 is 35.0 Å². The van der Waals surface area contributed by atoms with Crippen LogP contribution in [0.25, 0.3) is 11.8 Å². The van der Waals surface area contributed by atoms with Crippen molar-refractivity contribution in [2.45, 2.75) is 0 Å². The van der Waals surface area contributed by atoms with Crippen molar-refractivity contribution in [1.82, 2.24) is 14.0 Å². The van der Waals surface area contributed by atoms with Crippen molar-refractivity contribution in [2.75, 3.05) is 26.2 Å². The zero-order valence-corrected chi connectivity index (χ0v) is 22.6. The van der Waals surface area contributed by atoms with Crippen LogP contribution in [0.3, 0.4) is 0 Å². The first-order valence-electron chi connectivity index (χ1n) is 12.2. The van der Waals surface area contributed by atoms with Gasteiger partial charge in [0.1, 0.15) is 22.6 Å². The monoisotopic (exact) mass is 558 g/mol. The van der Waals surface area contributed by atoms with Crippen molar-refractivity contribution in [3.63, 3.8) is 0 Å². The van der Waals surface area contributed by atoms with Gasteiger partial charge < -0.3 is 14.6 Å². The molecule has 2 aromatic carbocycles. The maximum absolute atomic E-state index is 13.1. The largest absolute Gasteiger partial charge is 0.497 e. The van der Waals surface area contributed by atoms with E-state index >= 15 is 0 Å². The Morgan fingerprint density at radius 2 is 1.39 bits per heavy atom. The van der Waals surface area contributed by atoms with Gasteiger partial charge in [0, 0.05) is 26.2 Å². The van der Waals surface area contributed by atoms with Gasteiger partial charge in [0.05, 0.1) is 25.6 Å². The van der Waals surface area contributed by atoms with E-state index in [4.69, 9.17) is 9.47 Å². The molecule has 0 spiro atoms. The Hall–Kier alpha value is -5.65. The Bertz CT molecular complexity index is 1760. The van der Waals surface area contributed by atoms with Crippen molar-refractivity contribution in [3.8, 4) is 23.1 Å². The van der Waals surface area contributed by atoms with E-state index in [2.05, 4.69) is 0 Å². The molecule has 1 N–H and O–H groups in total. The molecule has 0 bridgehead atoms. The topological polar surface area (TPSA) is 140 Å². The van der Waals surface area contributed by atoms with Crippen molar-refractivity contribution >= 4 is 29.6 Å². The molecule has 3 aromatic rings. The van der Waals surface area contributed by atoms with Crippen LogP contribution in [0, 0.1) is 0 Å². The molecule has 0 atom stereocenters. The quantitative estimate of drug-likeness (QED) is 0.265. The van der Waals surface area contributed by atoms with Crippen LogP contribution in [0.2, 0.25) is 0 Å². The van der Waals surface area contributed by atoms with Gasteiger partial charge in [-0.2, -0.15) is 0 Å². The summed E-state index contributed by atoms with van der Waals surface area (Å²) in [6.45, 7) is 0. The molecule has 1 fully saturated rings. The van der Waals surface area contributed by atoms with Gasteiger partial charge in [-0.05, 0) is 36.4 Å². The van der Waals surface area contributed by atoms with Crippen LogP contribution in [0.1, 0.15) is 5.56 Å². The maximum atomic E-state index is 13.1. The fourth-order valence-corrected chi connectivity index (χ4v) is 4.06. The fourth-order valence-electron chi connectivity index (χ4n) is 4.06. The minimum absolute atomic E-state index is 0.174. The number of aromatic nitrogens is 2. The number of likely N-dealkylation sites (N-methyl/N-ethyl adjacent to an activating group) is 1. The van der Waals surface area contributed by atoms with Gasteiger partial charge in [0.25, 0.3) is 17.4 Å². The molecule has 12 nitrogen and oxygen atoms in total. The lowest BCUT2D eigenvalue weighted by molar-refractivity contribution is -0.128. The molecule has 210 valence electrons. The molecule has 12 heteroatoms. The van der Waals surface area contributed by atoms with Gasteiger partial charge in [-0.15, -0.1) is 0 Å². The number of urea groups is 1. The highest BCUT2D eigenvalue weighted by atomic mass is 16.5. The van der Waals surface area contributed by atoms with Gasteiger partial charge in [0.15, 0.2) is 0 Å². The smallest absolute Gasteiger partial charge is 0.338 e. The first-order chi connectivity index (χ1) is 19.6. The Morgan fingerprint density at radius 1 is 0.780 bits per heavy atom. The molecule has 0 radical (unpaired) electrons. The number of barbiturate groups is 1. The van der Waals surface area contributed by atoms with Crippen molar-refractivity contribution in [1.29, 1.82) is 0 Å². The van der Waals surface area contributed by atoms with Crippen LogP contribution in [0.4, 0.5) is 10.5 Å². The first kappa shape index (κ1) is 28.4. The van der Waals surface area contributed by atoms with Crippen molar-refractivity contribution in [2.24, 2.45) is 7.05 Å². The molecule has 2 heterocycles. The van der Waals surface area contributed by atoms with E-state index in [-0.39, 0.29) is 22.5 Å². The molecule has 0 unspecified atom stereocenters. The van der Waals surface area contributed by atoms with E-state index in [0.29, 0.717) is 11.5 Å². The Morgan fingerprint density at radius 3 is 2.02 bits per heavy atom. The summed E-state index contributed by atoms with van der Waals surface area (Å²) >= 11 is 0. The number of carbonyl (C=O) groups is 3. The zero-order valence-electron chi connectivity index (χ0n) is 22.6. The summed E-state index contributed by atoms with van der Waals surface area (Å²) < 4.78 is 12.2. The number of aromatic hydroxyl groups is 1. The molecular weight excluding hydrogens is 532 g/mol. The van der Waals surface area contributed by atoms with Gasteiger partial charge in [-0.25, -0.2) is 19.1 Å². The molecule has 1 saturated heterocycles. The SMILES string of the molecule is COc1cccc(N2C(=O)/C(=C/C=C/C=C/c3c(O)n(-c4cccc(OC)c4)c(=O)n(C)c3=O)C(=O)N(C)C2=O)c1. The molecule has 1 aliphatic rings. The van der Waals surface area contributed by atoms with Gasteiger partial charge >= 0.3 is 11.7 Å². The minimum Gasteiger partial charge on any atom is -0.497 e. The second-order valence-corrected chi connectivity index (χ2v) is 8.73. The number of methoxy groups -OCH3 is 2. The highest BCUT2D eigenvalue weighted by Crippen LogP contribution is 2.27. The molecule has 4 amide bonds. The first-order valence-corrected chi connectivity index (χ1v) is 12.2. The van der Waals surface area contributed by atoms with Gasteiger partial charge in [-0.1, -0.05) is 30.4 Å². The predicted octanol–water partition coefficient (Wildman–Crippen LogP) is 2.38. The third-order valence-corrected chi connectivity index (χ3v) is 6.28. The predicted molar refractivity (Wildman–Crippen MR) is 150 cm³/mol. The normalized spacial score (nSPS) is 15.0. The lowest BCUT2D eigenvalue weighted by atomic mass is 10.1. The third-order valence-electron chi connectivity index (χ3n) is 6.28. The molecule has 4 rings (SSSR count). The number of anilines is 1. The second-order valence-electron chi connectivity index (χ2n) is 8.73. The number of rotatable bonds is 7. The van der Waals surface area contributed by atoms with E-state index in [0.717, 1.165) is 18.9 Å². The van der Waals surface area contributed by atoms with Gasteiger partial charge in [-0.3, -0.25) is 23.9 Å². The summed E-state index contributed by atoms with van der Waals surface area (Å²) in [6.07, 6.45) is 6.69. The van der Waals surface area contributed by atoms with Crippen LogP contribution < -0.4 is 25.6 Å². The summed E-state index contributed by atoms with van der Waals surface area (Å²) in [5.74, 6) is -1.33. The number of imide groups is 2. The molecule has 0 saturated carbocycles. The zero-order chi connectivity index (χ0) is 29.8. The molecule has 0 aliphatic carbocycles. The summed E-state index contributed by atoms with van der Waals surface area (Å²) in [4.78, 5) is 65.8. The Kier molecular flexibility index (Phi) is 8.03. The number of hydrogen-bond donors (Lipinski definition) is 1. The molecular formula is C29H26N4O8. The lowest BCUT2D eigenvalue weighted by Gasteiger charge is -2.31. The van der Waals surface area contributed by atoms with Crippen LogP contribution in [-0.4, -0.2) is 58.3 Å². The number of allylic oxidation sites excluding steroid dienone is 4. The standard InChI is InChI=1S/C29H26N4O8/c1-30-24(34)22(26(36)32(28(30)38)18-10-8-12-20(16-18)40-3)14-6-5-7-15-23-25(35)31(2)29(39)33(27(23)37)19-11-9-13-21(17-19)41-4/h5-17,36H,1-4H3/b7-5+,14-6+,23-15+. The number of hydrogen-bond acceptors (Lipinski definition) is 8. The second kappa shape index (κ2) is 11.6. The summed E-state index contributed by atoms with van der Waals surface area (Å²) in [5, 5.41) is 10.8. The number of amides is 4. The van der Waals surface area contributed by atoms with E-state index in [1.165, 1.54) is 76.9 Å².